The highest BCUT2D eigenvalue weighted by molar-refractivity contribution is 5.79. The first-order valence-corrected chi connectivity index (χ1v) is 7.31. The topological polar surface area (TPSA) is 29.5 Å². The monoisotopic (exact) mass is 257 g/mol. The van der Waals surface area contributed by atoms with E-state index >= 15 is 0 Å². The van der Waals surface area contributed by atoms with Crippen LogP contribution in [0.1, 0.15) is 24.8 Å². The van der Waals surface area contributed by atoms with Gasteiger partial charge in [-0.25, -0.2) is 0 Å². The Morgan fingerprint density at radius 2 is 1.95 bits per heavy atom. The first-order chi connectivity index (χ1) is 9.31. The zero-order chi connectivity index (χ0) is 12.8. The Morgan fingerprint density at radius 1 is 1.16 bits per heavy atom. The number of rotatable bonds is 1. The van der Waals surface area contributed by atoms with Gasteiger partial charge in [-0.2, -0.15) is 0 Å². The van der Waals surface area contributed by atoms with Crippen molar-refractivity contribution in [1.82, 2.24) is 4.90 Å². The highest BCUT2D eigenvalue weighted by atomic mass is 16.5. The fourth-order valence-corrected chi connectivity index (χ4v) is 3.69. The Morgan fingerprint density at radius 3 is 2.79 bits per heavy atom. The van der Waals surface area contributed by atoms with Crippen molar-refractivity contribution in [1.29, 1.82) is 0 Å². The summed E-state index contributed by atoms with van der Waals surface area (Å²) in [4.78, 5) is 14.6. The molecular weight excluding hydrogens is 238 g/mol. The second-order valence-electron chi connectivity index (χ2n) is 6.14. The molecule has 2 fully saturated rings. The summed E-state index contributed by atoms with van der Waals surface area (Å²) in [6.07, 6.45) is 3.63. The summed E-state index contributed by atoms with van der Waals surface area (Å²) in [6.45, 7) is 2.04. The summed E-state index contributed by atoms with van der Waals surface area (Å²) in [7, 11) is 0. The second kappa shape index (κ2) is 4.26. The molecule has 1 heterocycles. The number of carbonyl (C=O) groups excluding carboxylic acids is 1. The Balaban J connectivity index is 1.51. The molecule has 0 radical (unpaired) electrons. The third-order valence-corrected chi connectivity index (χ3v) is 4.86. The van der Waals surface area contributed by atoms with E-state index in [9.17, 15) is 4.79 Å². The standard InChI is InChI=1S/C16H19NO2/c18-16(14-8-12-7-13(12)9-14)17-5-6-19-15-4-2-1-3-11(15)10-17/h1-4,12-14H,5-10H2. The number of carbonyl (C=O) groups is 1. The molecule has 0 bridgehead atoms. The molecule has 0 aromatic heterocycles. The van der Waals surface area contributed by atoms with Gasteiger partial charge in [0, 0.05) is 18.0 Å². The van der Waals surface area contributed by atoms with E-state index in [0.717, 1.165) is 42.5 Å². The smallest absolute Gasteiger partial charge is 0.226 e. The number of hydrogen-bond donors (Lipinski definition) is 0. The van der Waals surface area contributed by atoms with Crippen molar-refractivity contribution < 1.29 is 9.53 Å². The maximum absolute atomic E-state index is 12.6. The van der Waals surface area contributed by atoms with Gasteiger partial charge >= 0.3 is 0 Å². The Kier molecular flexibility index (Phi) is 2.54. The number of hydrogen-bond acceptors (Lipinski definition) is 2. The van der Waals surface area contributed by atoms with E-state index in [-0.39, 0.29) is 5.92 Å². The molecule has 3 heteroatoms. The van der Waals surface area contributed by atoms with Gasteiger partial charge in [0.1, 0.15) is 12.4 Å². The van der Waals surface area contributed by atoms with E-state index in [2.05, 4.69) is 6.07 Å². The predicted molar refractivity (Wildman–Crippen MR) is 71.7 cm³/mol. The lowest BCUT2D eigenvalue weighted by atomic mass is 10.0. The molecule has 0 spiro atoms. The lowest BCUT2D eigenvalue weighted by Crippen LogP contribution is -2.36. The van der Waals surface area contributed by atoms with Crippen LogP contribution in [0.5, 0.6) is 5.75 Å². The average molecular weight is 257 g/mol. The van der Waals surface area contributed by atoms with E-state index in [1.165, 1.54) is 6.42 Å². The number of para-hydroxylation sites is 1. The Bertz CT molecular complexity index is 503. The van der Waals surface area contributed by atoms with Gasteiger partial charge in [0.15, 0.2) is 0 Å². The molecule has 2 unspecified atom stereocenters. The quantitative estimate of drug-likeness (QED) is 0.773. The summed E-state index contributed by atoms with van der Waals surface area (Å²) in [5, 5.41) is 0. The number of fused-ring (bicyclic) bond motifs is 2. The zero-order valence-electron chi connectivity index (χ0n) is 11.0. The molecule has 3 nitrogen and oxygen atoms in total. The van der Waals surface area contributed by atoms with Crippen LogP contribution < -0.4 is 4.74 Å². The molecule has 2 saturated carbocycles. The number of nitrogens with zero attached hydrogens (tertiary/aromatic N) is 1. The summed E-state index contributed by atoms with van der Waals surface area (Å²) in [5.41, 5.74) is 1.14. The van der Waals surface area contributed by atoms with Crippen molar-refractivity contribution in [2.75, 3.05) is 13.2 Å². The van der Waals surface area contributed by atoms with Crippen LogP contribution in [-0.2, 0) is 11.3 Å². The molecule has 4 rings (SSSR count). The van der Waals surface area contributed by atoms with Gasteiger partial charge in [-0.1, -0.05) is 18.2 Å². The number of ether oxygens (including phenoxy) is 1. The van der Waals surface area contributed by atoms with E-state index < -0.39 is 0 Å². The van der Waals surface area contributed by atoms with E-state index in [4.69, 9.17) is 4.74 Å². The SMILES string of the molecule is O=C(C1CC2CC2C1)N1CCOc2ccccc2C1. The molecule has 1 aromatic carbocycles. The lowest BCUT2D eigenvalue weighted by Gasteiger charge is -2.24. The summed E-state index contributed by atoms with van der Waals surface area (Å²) in [6, 6.07) is 8.06. The lowest BCUT2D eigenvalue weighted by molar-refractivity contribution is -0.136. The zero-order valence-corrected chi connectivity index (χ0v) is 11.0. The first-order valence-electron chi connectivity index (χ1n) is 7.31. The molecule has 1 amide bonds. The molecule has 100 valence electrons. The van der Waals surface area contributed by atoms with Crippen LogP contribution in [0.3, 0.4) is 0 Å². The van der Waals surface area contributed by atoms with Crippen LogP contribution in [0, 0.1) is 17.8 Å². The van der Waals surface area contributed by atoms with Crippen molar-refractivity contribution >= 4 is 5.91 Å². The highest BCUT2D eigenvalue weighted by Gasteiger charge is 2.48. The van der Waals surface area contributed by atoms with Gasteiger partial charge in [-0.15, -0.1) is 0 Å². The minimum atomic E-state index is 0.286. The minimum absolute atomic E-state index is 0.286. The second-order valence-corrected chi connectivity index (χ2v) is 6.14. The van der Waals surface area contributed by atoms with Gasteiger partial charge in [0.25, 0.3) is 0 Å². The van der Waals surface area contributed by atoms with Crippen LogP contribution in [0.25, 0.3) is 0 Å². The van der Waals surface area contributed by atoms with Gasteiger partial charge in [-0.3, -0.25) is 4.79 Å². The van der Waals surface area contributed by atoms with E-state index in [1.54, 1.807) is 0 Å². The Labute approximate surface area is 113 Å². The maximum Gasteiger partial charge on any atom is 0.226 e. The van der Waals surface area contributed by atoms with E-state index in [1.807, 2.05) is 23.1 Å². The van der Waals surface area contributed by atoms with E-state index in [0.29, 0.717) is 19.1 Å². The third kappa shape index (κ3) is 2.01. The summed E-state index contributed by atoms with van der Waals surface area (Å²) in [5.74, 6) is 3.31. The van der Waals surface area contributed by atoms with Gasteiger partial charge < -0.3 is 9.64 Å². The largest absolute Gasteiger partial charge is 0.491 e. The molecule has 1 aliphatic heterocycles. The fourth-order valence-electron chi connectivity index (χ4n) is 3.69. The molecule has 0 N–H and O–H groups in total. The third-order valence-electron chi connectivity index (χ3n) is 4.86. The number of benzene rings is 1. The van der Waals surface area contributed by atoms with Gasteiger partial charge in [-0.05, 0) is 37.2 Å². The van der Waals surface area contributed by atoms with Crippen LogP contribution in [-0.4, -0.2) is 24.0 Å². The molecule has 19 heavy (non-hydrogen) atoms. The molecule has 2 aliphatic carbocycles. The van der Waals surface area contributed by atoms with Crippen molar-refractivity contribution in [3.05, 3.63) is 29.8 Å². The molecular formula is C16H19NO2. The predicted octanol–water partition coefficient (Wildman–Crippen LogP) is 2.45. The van der Waals surface area contributed by atoms with Gasteiger partial charge in [0.2, 0.25) is 5.91 Å². The average Bonchev–Trinajstić information content (AvgIpc) is 3.11. The van der Waals surface area contributed by atoms with Crippen molar-refractivity contribution in [2.24, 2.45) is 17.8 Å². The van der Waals surface area contributed by atoms with Gasteiger partial charge in [0.05, 0.1) is 6.54 Å². The van der Waals surface area contributed by atoms with Crippen LogP contribution in [0.2, 0.25) is 0 Å². The van der Waals surface area contributed by atoms with Crippen LogP contribution in [0.15, 0.2) is 24.3 Å². The molecule has 3 aliphatic rings. The molecule has 0 saturated heterocycles. The minimum Gasteiger partial charge on any atom is -0.491 e. The van der Waals surface area contributed by atoms with Crippen molar-refractivity contribution in [2.45, 2.75) is 25.8 Å². The van der Waals surface area contributed by atoms with Crippen LogP contribution in [0.4, 0.5) is 0 Å². The van der Waals surface area contributed by atoms with Crippen LogP contribution >= 0.6 is 0 Å². The molecule has 1 aromatic rings. The van der Waals surface area contributed by atoms with Crippen molar-refractivity contribution in [3.63, 3.8) is 0 Å². The highest BCUT2D eigenvalue weighted by Crippen LogP contribution is 2.54. The number of amides is 1. The maximum atomic E-state index is 12.6. The van der Waals surface area contributed by atoms with Crippen molar-refractivity contribution in [3.8, 4) is 5.75 Å². The first kappa shape index (κ1) is 11.3. The summed E-state index contributed by atoms with van der Waals surface area (Å²) >= 11 is 0. The fraction of sp³-hybridized carbons (Fsp3) is 0.562. The Hall–Kier alpha value is -1.51. The normalized spacial score (nSPS) is 32.0. The molecule has 2 atom stereocenters. The summed E-state index contributed by atoms with van der Waals surface area (Å²) < 4.78 is 5.73.